The number of anilines is 1. The van der Waals surface area contributed by atoms with Gasteiger partial charge in [-0.3, -0.25) is 4.79 Å². The van der Waals surface area contributed by atoms with Gasteiger partial charge in [-0.15, -0.1) is 11.3 Å². The molecule has 2 rings (SSSR count). The van der Waals surface area contributed by atoms with Crippen molar-refractivity contribution in [3.63, 3.8) is 0 Å². The number of nitrogens with two attached hydrogens (primary N) is 1. The molecule has 1 atom stereocenters. The average Bonchev–Trinajstić information content (AvgIpc) is 2.99. The van der Waals surface area contributed by atoms with E-state index in [1.807, 2.05) is 17.5 Å². The number of oxime groups is 1. The number of benzene rings is 1. The topological polar surface area (TPSA) is 87.7 Å². The van der Waals surface area contributed by atoms with E-state index >= 15 is 0 Å². The monoisotopic (exact) mass is 323 g/mol. The van der Waals surface area contributed by atoms with Gasteiger partial charge in [0, 0.05) is 11.3 Å². The van der Waals surface area contributed by atoms with Crippen LogP contribution in [0.2, 0.25) is 5.02 Å². The molecular weight excluding hydrogens is 310 g/mol. The first-order valence-corrected chi connectivity index (χ1v) is 7.42. The summed E-state index contributed by atoms with van der Waals surface area (Å²) in [6.45, 7) is 0. The molecule has 4 N–H and O–H groups in total. The SMILES string of the molecule is NC(=NO)C(Cc1cccs1)C(=O)Nc1ccccc1Cl. The van der Waals surface area contributed by atoms with E-state index in [2.05, 4.69) is 10.5 Å². The first-order chi connectivity index (χ1) is 10.1. The zero-order valence-electron chi connectivity index (χ0n) is 11.0. The lowest BCUT2D eigenvalue weighted by Crippen LogP contribution is -2.36. The van der Waals surface area contributed by atoms with Crippen molar-refractivity contribution in [2.24, 2.45) is 16.8 Å². The van der Waals surface area contributed by atoms with Crippen LogP contribution < -0.4 is 11.1 Å². The van der Waals surface area contributed by atoms with Crippen LogP contribution in [-0.4, -0.2) is 17.0 Å². The molecule has 0 aliphatic heterocycles. The van der Waals surface area contributed by atoms with Gasteiger partial charge in [0.2, 0.25) is 5.91 Å². The van der Waals surface area contributed by atoms with Crippen molar-refractivity contribution in [1.29, 1.82) is 0 Å². The molecule has 1 unspecified atom stereocenters. The maximum Gasteiger partial charge on any atom is 0.235 e. The van der Waals surface area contributed by atoms with Crippen molar-refractivity contribution in [1.82, 2.24) is 0 Å². The molecule has 2 aromatic rings. The molecule has 1 aromatic heterocycles. The standard InChI is InChI=1S/C14H14ClN3O2S/c15-11-5-1-2-6-12(11)17-14(19)10(13(16)18-20)8-9-4-3-7-21-9/h1-7,10,20H,8H2,(H2,16,18)(H,17,19). The summed E-state index contributed by atoms with van der Waals surface area (Å²) in [6, 6.07) is 10.7. The minimum atomic E-state index is -0.759. The van der Waals surface area contributed by atoms with Gasteiger partial charge in [0.05, 0.1) is 10.7 Å². The van der Waals surface area contributed by atoms with Crippen molar-refractivity contribution in [3.05, 3.63) is 51.7 Å². The fourth-order valence-electron chi connectivity index (χ4n) is 1.81. The lowest BCUT2D eigenvalue weighted by molar-refractivity contribution is -0.118. The molecule has 110 valence electrons. The maximum absolute atomic E-state index is 12.4. The summed E-state index contributed by atoms with van der Waals surface area (Å²) in [4.78, 5) is 13.3. The van der Waals surface area contributed by atoms with Crippen LogP contribution in [0.15, 0.2) is 46.9 Å². The number of carbonyl (C=O) groups excluding carboxylic acids is 1. The average molecular weight is 324 g/mol. The number of nitrogens with one attached hydrogen (secondary N) is 1. The Morgan fingerprint density at radius 3 is 2.76 bits per heavy atom. The number of carbonyl (C=O) groups is 1. The van der Waals surface area contributed by atoms with E-state index in [1.165, 1.54) is 11.3 Å². The zero-order valence-corrected chi connectivity index (χ0v) is 12.6. The second-order valence-electron chi connectivity index (χ2n) is 4.33. The van der Waals surface area contributed by atoms with Gasteiger partial charge >= 0.3 is 0 Å². The first-order valence-electron chi connectivity index (χ1n) is 6.17. The zero-order chi connectivity index (χ0) is 15.2. The minimum Gasteiger partial charge on any atom is -0.409 e. The number of hydrogen-bond donors (Lipinski definition) is 3. The molecule has 5 nitrogen and oxygen atoms in total. The summed E-state index contributed by atoms with van der Waals surface area (Å²) in [5.41, 5.74) is 6.13. The summed E-state index contributed by atoms with van der Waals surface area (Å²) >= 11 is 7.51. The molecule has 0 aliphatic rings. The third-order valence-corrected chi connectivity index (χ3v) is 4.13. The van der Waals surface area contributed by atoms with Crippen molar-refractivity contribution < 1.29 is 10.0 Å². The largest absolute Gasteiger partial charge is 0.409 e. The molecule has 0 spiro atoms. The highest BCUT2D eigenvalue weighted by Gasteiger charge is 2.24. The van der Waals surface area contributed by atoms with Crippen LogP contribution in [0.3, 0.4) is 0 Å². The van der Waals surface area contributed by atoms with Crippen LogP contribution in [-0.2, 0) is 11.2 Å². The Labute approximate surface area is 131 Å². The van der Waals surface area contributed by atoms with Gasteiger partial charge in [-0.25, -0.2) is 0 Å². The number of amides is 1. The highest BCUT2D eigenvalue weighted by Crippen LogP contribution is 2.22. The second kappa shape index (κ2) is 7.10. The number of para-hydroxylation sites is 1. The molecule has 0 radical (unpaired) electrons. The number of halogens is 1. The summed E-state index contributed by atoms with van der Waals surface area (Å²) in [7, 11) is 0. The highest BCUT2D eigenvalue weighted by atomic mass is 35.5. The molecule has 7 heteroatoms. The lowest BCUT2D eigenvalue weighted by atomic mass is 10.0. The van der Waals surface area contributed by atoms with E-state index < -0.39 is 5.92 Å². The molecule has 0 saturated heterocycles. The summed E-state index contributed by atoms with van der Waals surface area (Å²) in [6.07, 6.45) is 0.365. The normalized spacial score (nSPS) is 12.9. The van der Waals surface area contributed by atoms with E-state index in [-0.39, 0.29) is 11.7 Å². The molecule has 0 saturated carbocycles. The smallest absolute Gasteiger partial charge is 0.235 e. The molecule has 1 amide bonds. The fourth-order valence-corrected chi connectivity index (χ4v) is 2.75. The van der Waals surface area contributed by atoms with E-state index in [0.29, 0.717) is 17.1 Å². The fraction of sp³-hybridized carbons (Fsp3) is 0.143. The van der Waals surface area contributed by atoms with Crippen molar-refractivity contribution >= 4 is 40.4 Å². The number of amidine groups is 1. The Balaban J connectivity index is 2.17. The van der Waals surface area contributed by atoms with Gasteiger partial charge in [-0.2, -0.15) is 0 Å². The maximum atomic E-state index is 12.4. The van der Waals surface area contributed by atoms with Gasteiger partial charge in [0.25, 0.3) is 0 Å². The molecule has 21 heavy (non-hydrogen) atoms. The highest BCUT2D eigenvalue weighted by molar-refractivity contribution is 7.09. The molecule has 0 aliphatic carbocycles. The van der Waals surface area contributed by atoms with Crippen molar-refractivity contribution in [3.8, 4) is 0 Å². The molecule has 1 aromatic carbocycles. The third-order valence-electron chi connectivity index (χ3n) is 2.91. The Kier molecular flexibility index (Phi) is 5.19. The van der Waals surface area contributed by atoms with Gasteiger partial charge in [-0.05, 0) is 23.6 Å². The van der Waals surface area contributed by atoms with E-state index in [1.54, 1.807) is 24.3 Å². The van der Waals surface area contributed by atoms with E-state index in [9.17, 15) is 4.79 Å². The van der Waals surface area contributed by atoms with Crippen molar-refractivity contribution in [2.75, 3.05) is 5.32 Å². The van der Waals surface area contributed by atoms with Gasteiger partial charge in [0.1, 0.15) is 5.92 Å². The Bertz CT molecular complexity index is 643. The van der Waals surface area contributed by atoms with Crippen molar-refractivity contribution in [2.45, 2.75) is 6.42 Å². The number of hydrogen-bond acceptors (Lipinski definition) is 4. The lowest BCUT2D eigenvalue weighted by Gasteiger charge is -2.15. The predicted octanol–water partition coefficient (Wildman–Crippen LogP) is 2.95. The first kappa shape index (κ1) is 15.3. The molecule has 0 bridgehead atoms. The minimum absolute atomic E-state index is 0.132. The summed E-state index contributed by atoms with van der Waals surface area (Å²) < 4.78 is 0. The van der Waals surface area contributed by atoms with Crippen LogP contribution in [0.4, 0.5) is 5.69 Å². The van der Waals surface area contributed by atoms with E-state index in [4.69, 9.17) is 22.5 Å². The molecule has 0 fully saturated rings. The van der Waals surface area contributed by atoms with Crippen LogP contribution in [0.25, 0.3) is 0 Å². The van der Waals surface area contributed by atoms with Gasteiger partial charge in [0.15, 0.2) is 5.84 Å². The third kappa shape index (κ3) is 3.96. The van der Waals surface area contributed by atoms with Crippen LogP contribution in [0, 0.1) is 5.92 Å². The second-order valence-corrected chi connectivity index (χ2v) is 5.77. The Morgan fingerprint density at radius 1 is 1.38 bits per heavy atom. The number of rotatable bonds is 5. The number of thiophene rings is 1. The van der Waals surface area contributed by atoms with Gasteiger partial charge in [-0.1, -0.05) is 35.0 Å². The Hall–Kier alpha value is -2.05. The van der Waals surface area contributed by atoms with E-state index in [0.717, 1.165) is 4.88 Å². The quantitative estimate of drug-likeness (QED) is 0.342. The van der Waals surface area contributed by atoms with Crippen LogP contribution in [0.5, 0.6) is 0 Å². The summed E-state index contributed by atoms with van der Waals surface area (Å²) in [5.74, 6) is -1.26. The molecular formula is C14H14ClN3O2S. The molecule has 1 heterocycles. The number of nitrogens with zero attached hydrogens (tertiary/aromatic N) is 1. The Morgan fingerprint density at radius 2 is 2.14 bits per heavy atom. The predicted molar refractivity (Wildman–Crippen MR) is 85.0 cm³/mol. The van der Waals surface area contributed by atoms with Crippen LogP contribution >= 0.6 is 22.9 Å². The summed E-state index contributed by atoms with van der Waals surface area (Å²) in [5, 5.41) is 16.9. The van der Waals surface area contributed by atoms with Gasteiger partial charge < -0.3 is 16.3 Å². The van der Waals surface area contributed by atoms with Crippen LogP contribution in [0.1, 0.15) is 4.88 Å².